The summed E-state index contributed by atoms with van der Waals surface area (Å²) in [7, 11) is 0. The van der Waals surface area contributed by atoms with Gasteiger partial charge in [-0.3, -0.25) is 0 Å². The Bertz CT molecular complexity index is 598. The standard InChI is InChI=1S/C17H19NO3/c1-12(13-7-3-2-4-8-13)11-16(19)18-15-10-6-5-9-14(15)17(20)21/h2-10,12,16,18-19H,11H2,1H3,(H,20,21). The number of aromatic carboxylic acids is 1. The van der Waals surface area contributed by atoms with Gasteiger partial charge >= 0.3 is 5.97 Å². The zero-order valence-corrected chi connectivity index (χ0v) is 11.9. The third kappa shape index (κ3) is 4.07. The molecule has 2 rings (SSSR count). The molecule has 0 aliphatic carbocycles. The lowest BCUT2D eigenvalue weighted by molar-refractivity contribution is 0.0697. The van der Waals surface area contributed by atoms with Crippen molar-refractivity contribution in [3.8, 4) is 0 Å². The first-order valence-electron chi connectivity index (χ1n) is 6.90. The van der Waals surface area contributed by atoms with E-state index in [1.165, 1.54) is 6.07 Å². The molecule has 0 aliphatic heterocycles. The van der Waals surface area contributed by atoms with Gasteiger partial charge in [0.2, 0.25) is 0 Å². The SMILES string of the molecule is CC(CC(O)Nc1ccccc1C(=O)O)c1ccccc1. The molecule has 2 aromatic carbocycles. The van der Waals surface area contributed by atoms with Crippen LogP contribution in [-0.4, -0.2) is 22.4 Å². The molecule has 0 amide bonds. The molecule has 2 aromatic rings. The van der Waals surface area contributed by atoms with Crippen LogP contribution in [0, 0.1) is 0 Å². The monoisotopic (exact) mass is 285 g/mol. The second-order valence-electron chi connectivity index (χ2n) is 5.06. The minimum Gasteiger partial charge on any atom is -0.478 e. The van der Waals surface area contributed by atoms with Gasteiger partial charge in [-0.15, -0.1) is 0 Å². The molecule has 0 aliphatic rings. The minimum absolute atomic E-state index is 0.156. The molecule has 0 spiro atoms. The van der Waals surface area contributed by atoms with Crippen molar-refractivity contribution in [2.45, 2.75) is 25.5 Å². The number of carboxylic acid groups (broad SMARTS) is 1. The summed E-state index contributed by atoms with van der Waals surface area (Å²) in [6.45, 7) is 2.03. The van der Waals surface area contributed by atoms with Gasteiger partial charge in [0.25, 0.3) is 0 Å². The highest BCUT2D eigenvalue weighted by Gasteiger charge is 2.15. The molecular weight excluding hydrogens is 266 g/mol. The predicted molar refractivity (Wildman–Crippen MR) is 82.5 cm³/mol. The summed E-state index contributed by atoms with van der Waals surface area (Å²) in [5.41, 5.74) is 1.73. The lowest BCUT2D eigenvalue weighted by atomic mass is 9.97. The number of anilines is 1. The van der Waals surface area contributed by atoms with Crippen LogP contribution in [0.2, 0.25) is 0 Å². The molecule has 0 saturated heterocycles. The lowest BCUT2D eigenvalue weighted by Crippen LogP contribution is -2.22. The highest BCUT2D eigenvalue weighted by molar-refractivity contribution is 5.94. The van der Waals surface area contributed by atoms with Crippen LogP contribution in [0.15, 0.2) is 54.6 Å². The Labute approximate surface area is 124 Å². The van der Waals surface area contributed by atoms with Gasteiger partial charge in [-0.2, -0.15) is 0 Å². The Morgan fingerprint density at radius 3 is 2.38 bits per heavy atom. The number of carbonyl (C=O) groups is 1. The topological polar surface area (TPSA) is 69.6 Å². The first-order chi connectivity index (χ1) is 10.1. The van der Waals surface area contributed by atoms with E-state index in [9.17, 15) is 9.90 Å². The van der Waals surface area contributed by atoms with Crippen molar-refractivity contribution in [1.82, 2.24) is 0 Å². The fourth-order valence-corrected chi connectivity index (χ4v) is 2.29. The fraction of sp³-hybridized carbons (Fsp3) is 0.235. The second kappa shape index (κ2) is 6.90. The van der Waals surface area contributed by atoms with Crippen molar-refractivity contribution >= 4 is 11.7 Å². The smallest absolute Gasteiger partial charge is 0.337 e. The first-order valence-corrected chi connectivity index (χ1v) is 6.90. The summed E-state index contributed by atoms with van der Waals surface area (Å²) in [6, 6.07) is 16.5. The Kier molecular flexibility index (Phi) is 4.95. The first kappa shape index (κ1) is 15.1. The van der Waals surface area contributed by atoms with E-state index < -0.39 is 12.2 Å². The quantitative estimate of drug-likeness (QED) is 0.712. The number of hydrogen-bond acceptors (Lipinski definition) is 3. The van der Waals surface area contributed by atoms with Crippen LogP contribution < -0.4 is 5.32 Å². The molecule has 0 heterocycles. The van der Waals surface area contributed by atoms with Gasteiger partial charge < -0.3 is 15.5 Å². The van der Waals surface area contributed by atoms with Crippen molar-refractivity contribution in [2.75, 3.05) is 5.32 Å². The maximum atomic E-state index is 11.1. The van der Waals surface area contributed by atoms with E-state index in [1.54, 1.807) is 18.2 Å². The van der Waals surface area contributed by atoms with Crippen molar-refractivity contribution < 1.29 is 15.0 Å². The highest BCUT2D eigenvalue weighted by Crippen LogP contribution is 2.22. The fourth-order valence-electron chi connectivity index (χ4n) is 2.29. The second-order valence-corrected chi connectivity index (χ2v) is 5.06. The van der Waals surface area contributed by atoms with E-state index in [1.807, 2.05) is 37.3 Å². The summed E-state index contributed by atoms with van der Waals surface area (Å²) in [6.07, 6.45) is -0.307. The molecule has 4 heteroatoms. The largest absolute Gasteiger partial charge is 0.478 e. The molecule has 0 bridgehead atoms. The van der Waals surface area contributed by atoms with E-state index in [2.05, 4.69) is 5.32 Å². The Balaban J connectivity index is 2.02. The molecule has 21 heavy (non-hydrogen) atoms. The van der Waals surface area contributed by atoms with Gasteiger partial charge in [0.1, 0.15) is 6.23 Å². The lowest BCUT2D eigenvalue weighted by Gasteiger charge is -2.20. The number of aliphatic hydroxyl groups excluding tert-OH is 1. The summed E-state index contributed by atoms with van der Waals surface area (Å²) >= 11 is 0. The van der Waals surface area contributed by atoms with E-state index in [0.717, 1.165) is 5.56 Å². The Morgan fingerprint density at radius 2 is 1.71 bits per heavy atom. The minimum atomic E-state index is -1.01. The third-order valence-electron chi connectivity index (χ3n) is 3.43. The maximum Gasteiger partial charge on any atom is 0.337 e. The summed E-state index contributed by atoms with van der Waals surface area (Å²) in [5, 5.41) is 22.1. The predicted octanol–water partition coefficient (Wildman–Crippen LogP) is 3.31. The Hall–Kier alpha value is -2.33. The Morgan fingerprint density at radius 1 is 1.10 bits per heavy atom. The number of benzene rings is 2. The van der Waals surface area contributed by atoms with Crippen LogP contribution in [-0.2, 0) is 0 Å². The number of hydrogen-bond donors (Lipinski definition) is 3. The third-order valence-corrected chi connectivity index (χ3v) is 3.43. The molecule has 2 atom stereocenters. The number of aliphatic hydroxyl groups is 1. The van der Waals surface area contributed by atoms with Crippen molar-refractivity contribution in [2.24, 2.45) is 0 Å². The van der Waals surface area contributed by atoms with E-state index >= 15 is 0 Å². The van der Waals surface area contributed by atoms with Crippen LogP contribution in [0.3, 0.4) is 0 Å². The van der Waals surface area contributed by atoms with Gasteiger partial charge in [-0.05, 0) is 30.0 Å². The van der Waals surface area contributed by atoms with E-state index in [0.29, 0.717) is 12.1 Å². The van der Waals surface area contributed by atoms with Crippen LogP contribution in [0.5, 0.6) is 0 Å². The molecule has 3 N–H and O–H groups in total. The zero-order chi connectivity index (χ0) is 15.2. The van der Waals surface area contributed by atoms with Crippen LogP contribution in [0.4, 0.5) is 5.69 Å². The number of para-hydroxylation sites is 1. The van der Waals surface area contributed by atoms with Gasteiger partial charge in [0.05, 0.1) is 11.3 Å². The van der Waals surface area contributed by atoms with E-state index in [-0.39, 0.29) is 11.5 Å². The van der Waals surface area contributed by atoms with Crippen LogP contribution in [0.25, 0.3) is 0 Å². The zero-order valence-electron chi connectivity index (χ0n) is 11.9. The summed E-state index contributed by atoms with van der Waals surface area (Å²) in [4.78, 5) is 11.1. The highest BCUT2D eigenvalue weighted by atomic mass is 16.4. The molecule has 0 aromatic heterocycles. The van der Waals surface area contributed by atoms with Gasteiger partial charge in [-0.1, -0.05) is 49.4 Å². The van der Waals surface area contributed by atoms with Gasteiger partial charge in [0.15, 0.2) is 0 Å². The molecule has 4 nitrogen and oxygen atoms in total. The molecule has 2 unspecified atom stereocenters. The number of rotatable bonds is 6. The molecular formula is C17H19NO3. The van der Waals surface area contributed by atoms with Gasteiger partial charge in [-0.25, -0.2) is 4.79 Å². The molecule has 0 fully saturated rings. The van der Waals surface area contributed by atoms with Crippen molar-refractivity contribution in [3.63, 3.8) is 0 Å². The molecule has 0 radical (unpaired) electrons. The van der Waals surface area contributed by atoms with Crippen LogP contribution >= 0.6 is 0 Å². The molecule has 0 saturated carbocycles. The van der Waals surface area contributed by atoms with Gasteiger partial charge in [0, 0.05) is 0 Å². The van der Waals surface area contributed by atoms with Crippen molar-refractivity contribution in [1.29, 1.82) is 0 Å². The van der Waals surface area contributed by atoms with E-state index in [4.69, 9.17) is 5.11 Å². The average Bonchev–Trinajstić information content (AvgIpc) is 2.48. The number of nitrogens with one attached hydrogen (secondary N) is 1. The summed E-state index contributed by atoms with van der Waals surface area (Å²) < 4.78 is 0. The van der Waals surface area contributed by atoms with Crippen LogP contribution in [0.1, 0.15) is 35.2 Å². The van der Waals surface area contributed by atoms with Crippen molar-refractivity contribution in [3.05, 3.63) is 65.7 Å². The normalized spacial score (nSPS) is 13.4. The average molecular weight is 285 g/mol. The number of carboxylic acids is 1. The molecule has 110 valence electrons. The summed E-state index contributed by atoms with van der Waals surface area (Å²) in [5.74, 6) is -0.841. The maximum absolute atomic E-state index is 11.1.